The highest BCUT2D eigenvalue weighted by atomic mass is 35.5. The summed E-state index contributed by atoms with van der Waals surface area (Å²) in [4.78, 5) is 15.4. The molecule has 100 valence electrons. The summed E-state index contributed by atoms with van der Waals surface area (Å²) in [5.74, 6) is -0.188. The number of anilines is 1. The maximum Gasteiger partial charge on any atom is 0.240 e. The third kappa shape index (κ3) is 4.05. The standard InChI is InChI=1S/C14H15N3O.ClH/c1-10(15)14(18)17-13-4-2-11(3-5-13)12-6-8-16-9-7-12;/h2-10H,15H2,1H3,(H,17,18);1H/t10-;/m1./s1. The van der Waals surface area contributed by atoms with Gasteiger partial charge in [-0.15, -0.1) is 12.4 Å². The number of benzene rings is 1. The van der Waals surface area contributed by atoms with E-state index in [0.29, 0.717) is 0 Å². The lowest BCUT2D eigenvalue weighted by molar-refractivity contribution is -0.117. The van der Waals surface area contributed by atoms with Crippen molar-refractivity contribution >= 4 is 24.0 Å². The van der Waals surface area contributed by atoms with Crippen LogP contribution in [0.2, 0.25) is 0 Å². The Bertz CT molecular complexity index is 526. The summed E-state index contributed by atoms with van der Waals surface area (Å²) in [6.07, 6.45) is 3.50. The predicted molar refractivity (Wildman–Crippen MR) is 79.2 cm³/mol. The first-order chi connectivity index (χ1) is 8.66. The van der Waals surface area contributed by atoms with Crippen LogP contribution in [0, 0.1) is 0 Å². The zero-order valence-corrected chi connectivity index (χ0v) is 11.4. The van der Waals surface area contributed by atoms with E-state index in [-0.39, 0.29) is 18.3 Å². The molecule has 0 bridgehead atoms. The second kappa shape index (κ2) is 6.87. The number of halogens is 1. The number of nitrogens with two attached hydrogens (primary N) is 1. The molecule has 1 aromatic heterocycles. The molecule has 1 heterocycles. The lowest BCUT2D eigenvalue weighted by Gasteiger charge is -2.08. The number of rotatable bonds is 3. The van der Waals surface area contributed by atoms with Crippen molar-refractivity contribution in [2.45, 2.75) is 13.0 Å². The van der Waals surface area contributed by atoms with Gasteiger partial charge in [-0.05, 0) is 42.3 Å². The van der Waals surface area contributed by atoms with Crippen LogP contribution in [0.25, 0.3) is 11.1 Å². The fourth-order valence-electron chi connectivity index (χ4n) is 1.55. The van der Waals surface area contributed by atoms with Crippen molar-refractivity contribution in [2.24, 2.45) is 5.73 Å². The number of hydrogen-bond acceptors (Lipinski definition) is 3. The van der Waals surface area contributed by atoms with Crippen molar-refractivity contribution in [1.82, 2.24) is 4.98 Å². The molecule has 19 heavy (non-hydrogen) atoms. The van der Waals surface area contributed by atoms with Crippen LogP contribution in [0.15, 0.2) is 48.8 Å². The molecule has 0 radical (unpaired) electrons. The quantitative estimate of drug-likeness (QED) is 0.905. The lowest BCUT2D eigenvalue weighted by Crippen LogP contribution is -2.32. The molecule has 2 aromatic rings. The smallest absolute Gasteiger partial charge is 0.240 e. The van der Waals surface area contributed by atoms with Gasteiger partial charge in [0, 0.05) is 18.1 Å². The normalized spacial score (nSPS) is 11.3. The number of carbonyl (C=O) groups excluding carboxylic acids is 1. The van der Waals surface area contributed by atoms with Crippen molar-refractivity contribution in [1.29, 1.82) is 0 Å². The molecule has 0 saturated carbocycles. The Morgan fingerprint density at radius 3 is 2.16 bits per heavy atom. The van der Waals surface area contributed by atoms with Gasteiger partial charge in [-0.1, -0.05) is 12.1 Å². The van der Waals surface area contributed by atoms with Crippen LogP contribution >= 0.6 is 12.4 Å². The first kappa shape index (κ1) is 15.1. The minimum Gasteiger partial charge on any atom is -0.325 e. The van der Waals surface area contributed by atoms with Gasteiger partial charge in [-0.25, -0.2) is 0 Å². The van der Waals surface area contributed by atoms with Crippen LogP contribution in [-0.4, -0.2) is 16.9 Å². The van der Waals surface area contributed by atoms with E-state index in [1.54, 1.807) is 19.3 Å². The largest absolute Gasteiger partial charge is 0.325 e. The number of pyridine rings is 1. The Morgan fingerprint density at radius 2 is 1.63 bits per heavy atom. The van der Waals surface area contributed by atoms with Crippen molar-refractivity contribution in [3.8, 4) is 11.1 Å². The van der Waals surface area contributed by atoms with Gasteiger partial charge < -0.3 is 11.1 Å². The zero-order valence-electron chi connectivity index (χ0n) is 10.5. The summed E-state index contributed by atoms with van der Waals surface area (Å²) < 4.78 is 0. The first-order valence-electron chi connectivity index (χ1n) is 5.74. The number of hydrogen-bond donors (Lipinski definition) is 2. The minimum atomic E-state index is -0.509. The molecule has 0 aliphatic heterocycles. The van der Waals surface area contributed by atoms with Crippen molar-refractivity contribution in [3.63, 3.8) is 0 Å². The van der Waals surface area contributed by atoms with E-state index >= 15 is 0 Å². The Kier molecular flexibility index (Phi) is 5.48. The minimum absolute atomic E-state index is 0. The lowest BCUT2D eigenvalue weighted by atomic mass is 10.1. The summed E-state index contributed by atoms with van der Waals surface area (Å²) in [5, 5.41) is 2.74. The molecule has 3 N–H and O–H groups in total. The van der Waals surface area contributed by atoms with Gasteiger partial charge in [-0.3, -0.25) is 9.78 Å². The summed E-state index contributed by atoms with van der Waals surface area (Å²) >= 11 is 0. The van der Waals surface area contributed by atoms with E-state index in [0.717, 1.165) is 16.8 Å². The van der Waals surface area contributed by atoms with Gasteiger partial charge in [0.15, 0.2) is 0 Å². The third-order valence-electron chi connectivity index (χ3n) is 2.58. The van der Waals surface area contributed by atoms with Crippen molar-refractivity contribution in [2.75, 3.05) is 5.32 Å². The Balaban J connectivity index is 0.00000180. The predicted octanol–water partition coefficient (Wildman–Crippen LogP) is 2.46. The Labute approximate surface area is 118 Å². The summed E-state index contributed by atoms with van der Waals surface area (Å²) in [6, 6.07) is 11.0. The molecular formula is C14H16ClN3O. The molecule has 0 unspecified atom stereocenters. The molecule has 1 aromatic carbocycles. The summed E-state index contributed by atoms with van der Waals surface area (Å²) in [5.41, 5.74) is 8.40. The highest BCUT2D eigenvalue weighted by Crippen LogP contribution is 2.20. The van der Waals surface area contributed by atoms with Crippen LogP contribution < -0.4 is 11.1 Å². The fourth-order valence-corrected chi connectivity index (χ4v) is 1.55. The Morgan fingerprint density at radius 1 is 1.11 bits per heavy atom. The maximum atomic E-state index is 11.4. The average Bonchev–Trinajstić information content (AvgIpc) is 2.40. The van der Waals surface area contributed by atoms with E-state index in [9.17, 15) is 4.79 Å². The third-order valence-corrected chi connectivity index (χ3v) is 2.58. The van der Waals surface area contributed by atoms with E-state index in [1.807, 2.05) is 36.4 Å². The molecule has 0 spiro atoms. The number of aromatic nitrogens is 1. The highest BCUT2D eigenvalue weighted by Gasteiger charge is 2.07. The summed E-state index contributed by atoms with van der Waals surface area (Å²) in [6.45, 7) is 1.65. The number of nitrogens with one attached hydrogen (secondary N) is 1. The molecule has 2 rings (SSSR count). The van der Waals surface area contributed by atoms with Gasteiger partial charge in [0.1, 0.15) is 0 Å². The SMILES string of the molecule is C[C@@H](N)C(=O)Nc1ccc(-c2ccncc2)cc1.Cl. The molecule has 1 amide bonds. The summed E-state index contributed by atoms with van der Waals surface area (Å²) in [7, 11) is 0. The second-order valence-electron chi connectivity index (χ2n) is 4.09. The molecule has 0 fully saturated rings. The van der Waals surface area contributed by atoms with Gasteiger partial charge in [0.25, 0.3) is 0 Å². The van der Waals surface area contributed by atoms with E-state index in [2.05, 4.69) is 10.3 Å². The second-order valence-corrected chi connectivity index (χ2v) is 4.09. The van der Waals surface area contributed by atoms with Crippen molar-refractivity contribution < 1.29 is 4.79 Å². The van der Waals surface area contributed by atoms with Crippen LogP contribution in [-0.2, 0) is 4.79 Å². The fraction of sp³-hybridized carbons (Fsp3) is 0.143. The molecule has 0 saturated heterocycles. The van der Waals surface area contributed by atoms with Gasteiger partial charge in [0.2, 0.25) is 5.91 Å². The average molecular weight is 278 g/mol. The van der Waals surface area contributed by atoms with Crippen molar-refractivity contribution in [3.05, 3.63) is 48.8 Å². The first-order valence-corrected chi connectivity index (χ1v) is 5.74. The van der Waals surface area contributed by atoms with Gasteiger partial charge in [0.05, 0.1) is 6.04 Å². The molecule has 5 heteroatoms. The zero-order chi connectivity index (χ0) is 13.0. The topological polar surface area (TPSA) is 68.0 Å². The van der Waals surface area contributed by atoms with Crippen LogP contribution in [0.5, 0.6) is 0 Å². The monoisotopic (exact) mass is 277 g/mol. The van der Waals surface area contributed by atoms with Crippen LogP contribution in [0.4, 0.5) is 5.69 Å². The molecule has 0 aliphatic rings. The molecule has 0 aliphatic carbocycles. The van der Waals surface area contributed by atoms with Gasteiger partial charge >= 0.3 is 0 Å². The number of amides is 1. The van der Waals surface area contributed by atoms with Crippen LogP contribution in [0.1, 0.15) is 6.92 Å². The number of nitrogens with zero attached hydrogens (tertiary/aromatic N) is 1. The van der Waals surface area contributed by atoms with E-state index < -0.39 is 6.04 Å². The van der Waals surface area contributed by atoms with Crippen LogP contribution in [0.3, 0.4) is 0 Å². The maximum absolute atomic E-state index is 11.4. The van der Waals surface area contributed by atoms with E-state index in [1.165, 1.54) is 0 Å². The molecule has 1 atom stereocenters. The Hall–Kier alpha value is -1.91. The number of carbonyl (C=O) groups is 1. The molecule has 4 nitrogen and oxygen atoms in total. The van der Waals surface area contributed by atoms with Gasteiger partial charge in [-0.2, -0.15) is 0 Å². The highest BCUT2D eigenvalue weighted by molar-refractivity contribution is 5.94. The molecular weight excluding hydrogens is 262 g/mol. The van der Waals surface area contributed by atoms with E-state index in [4.69, 9.17) is 5.73 Å².